The molecule has 0 spiro atoms. The van der Waals surface area contributed by atoms with E-state index in [9.17, 15) is 9.13 Å². The summed E-state index contributed by atoms with van der Waals surface area (Å²) in [5.74, 6) is 0.734. The Morgan fingerprint density at radius 1 is 0.795 bits per heavy atom. The topological polar surface area (TPSA) is 71.1 Å². The Kier molecular flexibility index (Phi) is 11.8. The van der Waals surface area contributed by atoms with Crippen molar-refractivity contribution in [3.8, 4) is 11.5 Å². The molecule has 44 heavy (non-hydrogen) atoms. The van der Waals surface area contributed by atoms with Gasteiger partial charge in [0.25, 0.3) is 0 Å². The molecule has 3 aromatic rings. The van der Waals surface area contributed by atoms with Crippen LogP contribution in [0.15, 0.2) is 84.4 Å². The van der Waals surface area contributed by atoms with Gasteiger partial charge in [0.2, 0.25) is 0 Å². The normalized spacial score (nSPS) is 18.1. The fourth-order valence-electron chi connectivity index (χ4n) is 5.86. The number of benzene rings is 3. The number of rotatable bonds is 15. The van der Waals surface area contributed by atoms with Gasteiger partial charge in [0.15, 0.2) is 0 Å². The lowest BCUT2D eigenvalue weighted by Crippen LogP contribution is -2.20. The zero-order chi connectivity index (χ0) is 31.8. The van der Waals surface area contributed by atoms with Gasteiger partial charge in [0.1, 0.15) is 11.5 Å². The molecule has 3 atom stereocenters. The van der Waals surface area contributed by atoms with Crippen LogP contribution in [-0.2, 0) is 23.6 Å². The van der Waals surface area contributed by atoms with Crippen LogP contribution < -0.4 is 19.7 Å². The summed E-state index contributed by atoms with van der Waals surface area (Å²) < 4.78 is 53.0. The summed E-state index contributed by atoms with van der Waals surface area (Å²) in [4.78, 5) is 0. The Morgan fingerprint density at radius 3 is 1.77 bits per heavy atom. The van der Waals surface area contributed by atoms with Gasteiger partial charge in [-0.05, 0) is 80.0 Å². The van der Waals surface area contributed by atoms with E-state index in [1.54, 1.807) is 24.3 Å². The quantitative estimate of drug-likeness (QED) is 0.0937. The summed E-state index contributed by atoms with van der Waals surface area (Å²) in [6, 6.07) is 22.0. The second-order valence-electron chi connectivity index (χ2n) is 12.3. The Balaban J connectivity index is 1.94. The summed E-state index contributed by atoms with van der Waals surface area (Å²) in [6.45, 7) is 8.73. The molecular weight excluding hydrogens is 590 g/mol. The van der Waals surface area contributed by atoms with E-state index in [0.29, 0.717) is 27.7 Å². The van der Waals surface area contributed by atoms with Gasteiger partial charge in [-0.1, -0.05) is 94.5 Å². The van der Waals surface area contributed by atoms with E-state index in [1.165, 1.54) is 26.2 Å². The standard InChI is InChI=1S/C36H48O6P2/c1-7-8-9-16-24-36(3,4)30-26-33(41-43(37,39-5)31-20-12-10-13-21-31)35(29-19-17-18-28(2)25-29)34(27-30)42-44(38,40-6)32-22-14-11-15-23-32/h10-15,20-23,25-27,29H,7-9,16-19,24H2,1-6H3. The molecular formula is C36H48O6P2. The average Bonchev–Trinajstić information content (AvgIpc) is 3.03. The Labute approximate surface area is 264 Å². The van der Waals surface area contributed by atoms with Gasteiger partial charge >= 0.3 is 15.2 Å². The molecule has 1 aliphatic rings. The summed E-state index contributed by atoms with van der Waals surface area (Å²) >= 11 is 0. The van der Waals surface area contributed by atoms with Crippen LogP contribution in [0, 0.1) is 0 Å². The zero-order valence-corrected chi connectivity index (χ0v) is 28.9. The molecule has 1 aliphatic carbocycles. The minimum absolute atomic E-state index is 0.0994. The van der Waals surface area contributed by atoms with Crippen LogP contribution in [-0.4, -0.2) is 14.2 Å². The molecule has 0 fully saturated rings. The van der Waals surface area contributed by atoms with Gasteiger partial charge in [-0.2, -0.15) is 0 Å². The van der Waals surface area contributed by atoms with E-state index in [1.807, 2.05) is 48.5 Å². The summed E-state index contributed by atoms with van der Waals surface area (Å²) in [5, 5.41) is 0.921. The third-order valence-corrected chi connectivity index (χ3v) is 12.2. The monoisotopic (exact) mass is 638 g/mol. The van der Waals surface area contributed by atoms with Gasteiger partial charge in [0, 0.05) is 25.7 Å². The first-order valence-corrected chi connectivity index (χ1v) is 18.8. The first-order chi connectivity index (χ1) is 21.0. The molecule has 3 aromatic carbocycles. The van der Waals surface area contributed by atoms with E-state index in [2.05, 4.69) is 33.8 Å². The number of hydrogen-bond acceptors (Lipinski definition) is 6. The SMILES string of the molecule is CCCCCCC(C)(C)c1cc(OP(=O)(OC)c2ccccc2)c(C2C=C(C)CCC2)c(OP(=O)(OC)c2ccccc2)c1. The van der Waals surface area contributed by atoms with Gasteiger partial charge in [0.05, 0.1) is 10.6 Å². The maximum atomic E-state index is 14.4. The lowest BCUT2D eigenvalue weighted by molar-refractivity contribution is 0.325. The van der Waals surface area contributed by atoms with Crippen molar-refractivity contribution < 1.29 is 27.2 Å². The van der Waals surface area contributed by atoms with E-state index in [0.717, 1.165) is 50.5 Å². The molecule has 0 heterocycles. The van der Waals surface area contributed by atoms with Gasteiger partial charge < -0.3 is 9.05 Å². The molecule has 0 aliphatic heterocycles. The second kappa shape index (κ2) is 15.1. The highest BCUT2D eigenvalue weighted by Gasteiger charge is 2.36. The van der Waals surface area contributed by atoms with Crippen molar-refractivity contribution in [1.82, 2.24) is 0 Å². The highest BCUT2D eigenvalue weighted by molar-refractivity contribution is 7.63. The lowest BCUT2D eigenvalue weighted by Gasteiger charge is -2.32. The second-order valence-corrected chi connectivity index (χ2v) is 16.4. The average molecular weight is 639 g/mol. The summed E-state index contributed by atoms with van der Waals surface area (Å²) in [6.07, 6.45) is 10.6. The Morgan fingerprint density at radius 2 is 1.32 bits per heavy atom. The number of allylic oxidation sites excluding steroid dienone is 2. The molecule has 0 bridgehead atoms. The van der Waals surface area contributed by atoms with Gasteiger partial charge in [-0.15, -0.1) is 0 Å². The molecule has 3 unspecified atom stereocenters. The summed E-state index contributed by atoms with van der Waals surface area (Å²) in [5.41, 5.74) is 2.64. The highest BCUT2D eigenvalue weighted by atomic mass is 31.2. The van der Waals surface area contributed by atoms with Crippen molar-refractivity contribution >= 4 is 25.8 Å². The highest BCUT2D eigenvalue weighted by Crippen LogP contribution is 2.56. The lowest BCUT2D eigenvalue weighted by atomic mass is 9.78. The maximum absolute atomic E-state index is 14.4. The number of hydrogen-bond donors (Lipinski definition) is 0. The molecule has 0 amide bonds. The third kappa shape index (κ3) is 8.15. The van der Waals surface area contributed by atoms with Crippen molar-refractivity contribution in [2.45, 2.75) is 90.4 Å². The molecule has 0 radical (unpaired) electrons. The molecule has 238 valence electrons. The van der Waals surface area contributed by atoms with Gasteiger partial charge in [-0.3, -0.25) is 9.05 Å². The largest absolute Gasteiger partial charge is 0.421 e. The van der Waals surface area contributed by atoms with Crippen LogP contribution in [0.4, 0.5) is 0 Å². The molecule has 0 N–H and O–H groups in total. The maximum Gasteiger partial charge on any atom is 0.410 e. The molecule has 6 nitrogen and oxygen atoms in total. The van der Waals surface area contributed by atoms with Gasteiger partial charge in [-0.25, -0.2) is 9.13 Å². The van der Waals surface area contributed by atoms with E-state index in [4.69, 9.17) is 18.1 Å². The van der Waals surface area contributed by atoms with Crippen molar-refractivity contribution in [3.05, 3.63) is 95.6 Å². The smallest absolute Gasteiger partial charge is 0.410 e. The predicted octanol–water partition coefficient (Wildman–Crippen LogP) is 10.2. The van der Waals surface area contributed by atoms with Crippen LogP contribution in [0.1, 0.15) is 96.1 Å². The molecule has 0 saturated carbocycles. The van der Waals surface area contributed by atoms with E-state index >= 15 is 0 Å². The van der Waals surface area contributed by atoms with Crippen LogP contribution in [0.2, 0.25) is 0 Å². The summed E-state index contributed by atoms with van der Waals surface area (Å²) in [7, 11) is -4.75. The fraction of sp³-hybridized carbons (Fsp3) is 0.444. The third-order valence-electron chi connectivity index (χ3n) is 8.55. The molecule has 0 saturated heterocycles. The van der Waals surface area contributed by atoms with Crippen LogP contribution in [0.3, 0.4) is 0 Å². The van der Waals surface area contributed by atoms with Crippen LogP contribution in [0.25, 0.3) is 0 Å². The predicted molar refractivity (Wildman–Crippen MR) is 181 cm³/mol. The minimum Gasteiger partial charge on any atom is -0.421 e. The Bertz CT molecular complexity index is 1420. The molecule has 8 heteroatoms. The van der Waals surface area contributed by atoms with Crippen molar-refractivity contribution in [1.29, 1.82) is 0 Å². The van der Waals surface area contributed by atoms with Crippen LogP contribution >= 0.6 is 15.2 Å². The minimum atomic E-state index is -3.78. The molecule has 0 aromatic heterocycles. The first-order valence-electron chi connectivity index (χ1n) is 15.7. The fourth-order valence-corrected chi connectivity index (χ4v) is 8.53. The van der Waals surface area contributed by atoms with E-state index in [-0.39, 0.29) is 11.3 Å². The van der Waals surface area contributed by atoms with E-state index < -0.39 is 15.2 Å². The molecule has 4 rings (SSSR count). The first kappa shape index (κ1) is 34.3. The van der Waals surface area contributed by atoms with Crippen molar-refractivity contribution in [2.24, 2.45) is 0 Å². The van der Waals surface area contributed by atoms with Crippen molar-refractivity contribution in [2.75, 3.05) is 14.2 Å². The number of unbranched alkanes of at least 4 members (excludes halogenated alkanes) is 3. The van der Waals surface area contributed by atoms with Crippen molar-refractivity contribution in [3.63, 3.8) is 0 Å². The van der Waals surface area contributed by atoms with Crippen LogP contribution in [0.5, 0.6) is 11.5 Å². The Hall–Kier alpha value is -2.62. The zero-order valence-electron chi connectivity index (χ0n) is 27.1.